The van der Waals surface area contributed by atoms with Gasteiger partial charge < -0.3 is 4.90 Å². The van der Waals surface area contributed by atoms with Crippen LogP contribution in [0, 0.1) is 11.8 Å². The SMILES string of the molecule is C[C@@H]1N[C@]2(C(=O)N(Cc3ccccc3)c3ccccc32)[C@@H]2C(=O)N(c3cccc4ccccc34)C(=O)[C@@H]12. The highest BCUT2D eigenvalue weighted by Crippen LogP contribution is 2.55. The molecular weight excluding hydrogens is 462 g/mol. The lowest BCUT2D eigenvalue weighted by Gasteiger charge is -2.30. The zero-order valence-electron chi connectivity index (χ0n) is 20.3. The Morgan fingerprint density at radius 2 is 1.43 bits per heavy atom. The maximum atomic E-state index is 14.4. The first-order valence-electron chi connectivity index (χ1n) is 12.6. The highest BCUT2D eigenvalue weighted by atomic mass is 16.2. The molecule has 0 bridgehead atoms. The van der Waals surface area contributed by atoms with E-state index in [1.54, 1.807) is 4.90 Å². The quantitative estimate of drug-likeness (QED) is 0.436. The number of imide groups is 1. The first-order chi connectivity index (χ1) is 18.0. The van der Waals surface area contributed by atoms with Gasteiger partial charge in [0, 0.05) is 22.7 Å². The number of para-hydroxylation sites is 1. The van der Waals surface area contributed by atoms with Gasteiger partial charge >= 0.3 is 0 Å². The minimum atomic E-state index is -1.29. The number of carbonyl (C=O) groups is 3. The standard InChI is InChI=1S/C31H25N3O3/c1-19-26-27(29(36)34(28(26)35)24-17-9-13-21-12-5-6-14-22(21)24)31(32-19)23-15-7-8-16-25(23)33(30(31)37)18-20-10-3-2-4-11-20/h2-17,19,26-27,32H,18H2,1H3/t19-,26-,27-,31-/m0/s1. The Morgan fingerprint density at radius 3 is 2.27 bits per heavy atom. The van der Waals surface area contributed by atoms with E-state index in [-0.39, 0.29) is 23.8 Å². The van der Waals surface area contributed by atoms with Gasteiger partial charge in [0.05, 0.1) is 24.1 Å². The van der Waals surface area contributed by atoms with Gasteiger partial charge in [-0.25, -0.2) is 4.90 Å². The van der Waals surface area contributed by atoms with Crippen molar-refractivity contribution in [2.45, 2.75) is 25.0 Å². The molecule has 3 amide bonds. The van der Waals surface area contributed by atoms with Crippen molar-refractivity contribution < 1.29 is 14.4 Å². The number of nitrogens with zero attached hydrogens (tertiary/aromatic N) is 2. The lowest BCUT2D eigenvalue weighted by molar-refractivity contribution is -0.132. The molecule has 3 aliphatic heterocycles. The normalized spacial score (nSPS) is 26.4. The maximum Gasteiger partial charge on any atom is 0.253 e. The molecule has 1 N–H and O–H groups in total. The van der Waals surface area contributed by atoms with Crippen LogP contribution >= 0.6 is 0 Å². The summed E-state index contributed by atoms with van der Waals surface area (Å²) in [6.07, 6.45) is 0. The van der Waals surface area contributed by atoms with Gasteiger partial charge in [-0.05, 0) is 30.0 Å². The molecule has 4 atom stereocenters. The van der Waals surface area contributed by atoms with E-state index in [4.69, 9.17) is 0 Å². The number of anilines is 2. The first-order valence-corrected chi connectivity index (χ1v) is 12.6. The van der Waals surface area contributed by atoms with Crippen molar-refractivity contribution in [1.82, 2.24) is 5.32 Å². The second kappa shape index (κ2) is 7.85. The number of carbonyl (C=O) groups excluding carboxylic acids is 3. The van der Waals surface area contributed by atoms with Crippen LogP contribution in [0.2, 0.25) is 0 Å². The third-order valence-corrected chi connectivity index (χ3v) is 8.20. The Hall–Kier alpha value is -4.29. The van der Waals surface area contributed by atoms with Gasteiger partial charge in [0.25, 0.3) is 5.91 Å². The van der Waals surface area contributed by atoms with Gasteiger partial charge in [-0.2, -0.15) is 0 Å². The van der Waals surface area contributed by atoms with Gasteiger partial charge in [-0.3, -0.25) is 19.7 Å². The van der Waals surface area contributed by atoms with Crippen molar-refractivity contribution in [3.8, 4) is 0 Å². The molecule has 7 rings (SSSR count). The van der Waals surface area contributed by atoms with E-state index in [2.05, 4.69) is 5.32 Å². The van der Waals surface area contributed by atoms with Crippen LogP contribution in [0.4, 0.5) is 11.4 Å². The number of hydrogen-bond acceptors (Lipinski definition) is 4. The van der Waals surface area contributed by atoms with Crippen molar-refractivity contribution in [2.75, 3.05) is 9.80 Å². The van der Waals surface area contributed by atoms with E-state index in [1.807, 2.05) is 104 Å². The molecule has 3 heterocycles. The van der Waals surface area contributed by atoms with E-state index in [9.17, 15) is 14.4 Å². The van der Waals surface area contributed by atoms with E-state index in [0.29, 0.717) is 12.2 Å². The number of benzene rings is 4. The third-order valence-electron chi connectivity index (χ3n) is 8.20. The van der Waals surface area contributed by atoms with Crippen LogP contribution in [-0.2, 0) is 26.5 Å². The summed E-state index contributed by atoms with van der Waals surface area (Å²) in [5, 5.41) is 5.26. The molecule has 4 aromatic rings. The largest absolute Gasteiger partial charge is 0.306 e. The molecule has 182 valence electrons. The lowest BCUT2D eigenvalue weighted by atomic mass is 9.76. The van der Waals surface area contributed by atoms with Crippen LogP contribution in [0.25, 0.3) is 10.8 Å². The molecule has 0 unspecified atom stereocenters. The van der Waals surface area contributed by atoms with Crippen LogP contribution < -0.4 is 15.1 Å². The number of hydrogen-bond donors (Lipinski definition) is 1. The molecule has 2 saturated heterocycles. The van der Waals surface area contributed by atoms with Gasteiger partial charge in [-0.1, -0.05) is 84.9 Å². The van der Waals surface area contributed by atoms with Crippen molar-refractivity contribution >= 4 is 39.9 Å². The average Bonchev–Trinajstić information content (AvgIpc) is 3.47. The van der Waals surface area contributed by atoms with Gasteiger partial charge in [0.2, 0.25) is 11.8 Å². The molecule has 0 aromatic heterocycles. The highest BCUT2D eigenvalue weighted by molar-refractivity contribution is 6.28. The summed E-state index contributed by atoms with van der Waals surface area (Å²) in [6, 6.07) is 30.5. The molecule has 6 heteroatoms. The van der Waals surface area contributed by atoms with E-state index in [0.717, 1.165) is 27.6 Å². The molecule has 0 radical (unpaired) electrons. The summed E-state index contributed by atoms with van der Waals surface area (Å²) in [6.45, 7) is 2.29. The van der Waals surface area contributed by atoms with Crippen molar-refractivity contribution in [2.24, 2.45) is 11.8 Å². The fraction of sp³-hybridized carbons (Fsp3) is 0.194. The van der Waals surface area contributed by atoms with Crippen LogP contribution in [0.1, 0.15) is 18.1 Å². The topological polar surface area (TPSA) is 69.7 Å². The molecule has 37 heavy (non-hydrogen) atoms. The second-order valence-electron chi connectivity index (χ2n) is 10.1. The Balaban J connectivity index is 1.37. The molecular formula is C31H25N3O3. The summed E-state index contributed by atoms with van der Waals surface area (Å²) in [4.78, 5) is 45.6. The number of fused-ring (bicyclic) bond motifs is 5. The Bertz CT molecular complexity index is 1590. The summed E-state index contributed by atoms with van der Waals surface area (Å²) < 4.78 is 0. The van der Waals surface area contributed by atoms with E-state index < -0.39 is 17.4 Å². The minimum Gasteiger partial charge on any atom is -0.306 e. The van der Waals surface area contributed by atoms with Crippen molar-refractivity contribution in [3.63, 3.8) is 0 Å². The highest BCUT2D eigenvalue weighted by Gasteiger charge is 2.71. The van der Waals surface area contributed by atoms with E-state index in [1.165, 1.54) is 4.90 Å². The molecule has 3 aliphatic rings. The monoisotopic (exact) mass is 487 g/mol. The zero-order valence-corrected chi connectivity index (χ0v) is 20.3. The Kier molecular flexibility index (Phi) is 4.66. The molecule has 0 saturated carbocycles. The summed E-state index contributed by atoms with van der Waals surface area (Å²) in [7, 11) is 0. The van der Waals surface area contributed by atoms with Crippen molar-refractivity contribution in [1.29, 1.82) is 0 Å². The maximum absolute atomic E-state index is 14.4. The summed E-state index contributed by atoms with van der Waals surface area (Å²) in [5.41, 5.74) is 1.82. The summed E-state index contributed by atoms with van der Waals surface area (Å²) >= 11 is 0. The first kappa shape index (κ1) is 21.9. The molecule has 1 spiro atoms. The number of rotatable bonds is 3. The van der Waals surface area contributed by atoms with Crippen LogP contribution in [-0.4, -0.2) is 23.8 Å². The fourth-order valence-corrected chi connectivity index (χ4v) is 6.67. The molecule has 6 nitrogen and oxygen atoms in total. The fourth-order valence-electron chi connectivity index (χ4n) is 6.67. The van der Waals surface area contributed by atoms with Gasteiger partial charge in [0.1, 0.15) is 5.54 Å². The molecule has 4 aromatic carbocycles. The van der Waals surface area contributed by atoms with E-state index >= 15 is 0 Å². The lowest BCUT2D eigenvalue weighted by Crippen LogP contribution is -2.54. The second-order valence-corrected chi connectivity index (χ2v) is 10.1. The van der Waals surface area contributed by atoms with Crippen LogP contribution in [0.5, 0.6) is 0 Å². The molecule has 2 fully saturated rings. The Morgan fingerprint density at radius 1 is 0.757 bits per heavy atom. The van der Waals surface area contributed by atoms with Gasteiger partial charge in [0.15, 0.2) is 0 Å². The van der Waals surface area contributed by atoms with Crippen molar-refractivity contribution in [3.05, 3.63) is 108 Å². The predicted octanol–water partition coefficient (Wildman–Crippen LogP) is 4.38. The smallest absolute Gasteiger partial charge is 0.253 e. The van der Waals surface area contributed by atoms with Gasteiger partial charge in [-0.15, -0.1) is 0 Å². The number of amides is 3. The predicted molar refractivity (Wildman–Crippen MR) is 142 cm³/mol. The average molecular weight is 488 g/mol. The van der Waals surface area contributed by atoms with Crippen LogP contribution in [0.3, 0.4) is 0 Å². The number of nitrogens with one attached hydrogen (secondary N) is 1. The third kappa shape index (κ3) is 2.87. The molecule has 0 aliphatic carbocycles. The zero-order chi connectivity index (χ0) is 25.3. The Labute approximate surface area is 214 Å². The summed E-state index contributed by atoms with van der Waals surface area (Å²) in [5.74, 6) is -2.23. The minimum absolute atomic E-state index is 0.183. The van der Waals surface area contributed by atoms with Crippen LogP contribution in [0.15, 0.2) is 97.1 Å².